The van der Waals surface area contributed by atoms with Crippen LogP contribution in [0.5, 0.6) is 0 Å². The molecular weight excluding hydrogens is 1120 g/mol. The maximum absolute atomic E-state index is 15.8. The smallest absolute Gasteiger partial charge is 0.335 e. The summed E-state index contributed by atoms with van der Waals surface area (Å²) in [5, 5.41) is 9.68. The van der Waals surface area contributed by atoms with Crippen LogP contribution in [0, 0.1) is 39.5 Å². The summed E-state index contributed by atoms with van der Waals surface area (Å²) < 4.78 is 0. The van der Waals surface area contributed by atoms with Crippen LogP contribution in [0.3, 0.4) is 0 Å². The van der Waals surface area contributed by atoms with Crippen LogP contribution in [-0.2, 0) is 15.0 Å². The van der Waals surface area contributed by atoms with Crippen LogP contribution >= 0.6 is 34.0 Å². The summed E-state index contributed by atoms with van der Waals surface area (Å²) in [4.78, 5) is 55.9. The van der Waals surface area contributed by atoms with Crippen LogP contribution in [0.15, 0.2) is 181 Å². The van der Waals surface area contributed by atoms with Gasteiger partial charge in [-0.2, -0.15) is 0 Å². The van der Waals surface area contributed by atoms with Crippen LogP contribution in [0.4, 0.5) is 17.1 Å². The Morgan fingerprint density at radius 3 is 1.40 bits per heavy atom. The van der Waals surface area contributed by atoms with Gasteiger partial charge in [0, 0.05) is 49.7 Å². The molecule has 86 heavy (non-hydrogen) atoms. The van der Waals surface area contributed by atoms with Crippen molar-refractivity contribution in [3.8, 4) is 30.6 Å². The maximum Gasteiger partial charge on any atom is 0.335 e. The van der Waals surface area contributed by atoms with Gasteiger partial charge in [-0.25, -0.2) is 4.79 Å². The van der Waals surface area contributed by atoms with Crippen molar-refractivity contribution in [2.45, 2.75) is 112 Å². The summed E-state index contributed by atoms with van der Waals surface area (Å²) in [7, 11) is 0. The molecule has 10 heteroatoms. The van der Waals surface area contributed by atoms with Crippen LogP contribution in [0.1, 0.15) is 144 Å². The number of carbonyl (C=O) groups excluding carboxylic acids is 2. The van der Waals surface area contributed by atoms with Crippen molar-refractivity contribution in [2.75, 3.05) is 18.0 Å². The molecule has 0 fully saturated rings. The van der Waals surface area contributed by atoms with Gasteiger partial charge in [0.1, 0.15) is 0 Å². The number of amides is 2. The summed E-state index contributed by atoms with van der Waals surface area (Å²) in [6.45, 7) is 18.5. The minimum absolute atomic E-state index is 0.108. The lowest BCUT2D eigenvalue weighted by atomic mass is 9.67. The normalized spacial score (nSPS) is 15.0. The number of benzene rings is 6. The van der Waals surface area contributed by atoms with Crippen LogP contribution in [0.25, 0.3) is 42.0 Å². The molecule has 7 nitrogen and oxygen atoms in total. The lowest BCUT2D eigenvalue weighted by Gasteiger charge is -2.34. The number of rotatable bonds is 22. The lowest BCUT2D eigenvalue weighted by Crippen LogP contribution is -2.34. The molecule has 9 aromatic rings. The standard InChI is InChI=1S/C76H75N3O4S3/c1-9-13-15-51(11-3)45-77-70(65-41-39-63(84-65)53-25-27-54(28-26-53)75(82)83)68-69(74(77)81)71(78(73(68)80)46-52(12-4)16-14-10-2)66-42-40-64(85-66)67-44-62-72(86-67)60-38-37-59(79(57-33-21-49(7)22-34-57)58-35-23-50(8)24-36-58)43-61(60)76(62,55-29-17-47(5)18-30-55)56-31-19-48(6)20-32-56/h17-44,51-52H,9-16,45-46H2,1-8H3,(H,82,83). The highest BCUT2D eigenvalue weighted by Crippen LogP contribution is 2.61. The van der Waals surface area contributed by atoms with Gasteiger partial charge in [-0.05, 0) is 165 Å². The zero-order chi connectivity index (χ0) is 60.0. The second kappa shape index (κ2) is 24.5. The Bertz CT molecular complexity index is 3970. The second-order valence-electron chi connectivity index (χ2n) is 23.9. The van der Waals surface area contributed by atoms with Crippen molar-refractivity contribution in [3.05, 3.63) is 241 Å². The van der Waals surface area contributed by atoms with E-state index in [-0.39, 0.29) is 29.2 Å². The molecule has 0 radical (unpaired) electrons. The average molecular weight is 1190 g/mol. The van der Waals surface area contributed by atoms with Crippen LogP contribution < -0.4 is 4.90 Å². The number of fused-ring (bicyclic) bond motifs is 4. The Labute approximate surface area is 519 Å². The van der Waals surface area contributed by atoms with E-state index in [0.717, 1.165) is 104 Å². The van der Waals surface area contributed by atoms with Gasteiger partial charge in [-0.1, -0.05) is 179 Å². The van der Waals surface area contributed by atoms with E-state index in [1.54, 1.807) is 34.8 Å². The largest absolute Gasteiger partial charge is 0.478 e. The molecule has 2 amide bonds. The number of hydrogen-bond donors (Lipinski definition) is 1. The highest BCUT2D eigenvalue weighted by atomic mass is 32.1. The van der Waals surface area contributed by atoms with Gasteiger partial charge >= 0.3 is 5.97 Å². The van der Waals surface area contributed by atoms with Gasteiger partial charge in [-0.15, -0.1) is 34.0 Å². The molecule has 5 heterocycles. The summed E-state index contributed by atoms with van der Waals surface area (Å²) in [6.07, 6.45) is 8.08. The van der Waals surface area contributed by atoms with E-state index >= 15 is 9.59 Å². The fourth-order valence-electron chi connectivity index (χ4n) is 13.1. The average Bonchev–Trinajstić information content (AvgIpc) is 1.58. The molecule has 12 rings (SSSR count). The number of unbranched alkanes of at least 4 members (excludes halogenated alkanes) is 2. The van der Waals surface area contributed by atoms with Gasteiger partial charge in [0.25, 0.3) is 11.8 Å². The topological polar surface area (TPSA) is 81.2 Å². The van der Waals surface area contributed by atoms with Crippen molar-refractivity contribution >= 4 is 80.3 Å². The molecule has 436 valence electrons. The summed E-state index contributed by atoms with van der Waals surface area (Å²) in [5.41, 5.74) is 17.0. The lowest BCUT2D eigenvalue weighted by molar-refractivity contribution is -0.124. The fourth-order valence-corrected chi connectivity index (χ4v) is 16.6. The Hall–Kier alpha value is -7.89. The Kier molecular flexibility index (Phi) is 16.6. The van der Waals surface area contributed by atoms with E-state index in [1.807, 2.05) is 45.4 Å². The summed E-state index contributed by atoms with van der Waals surface area (Å²) in [5.74, 6) is -0.684. The first-order chi connectivity index (χ1) is 41.7. The predicted octanol–water partition coefficient (Wildman–Crippen LogP) is 20.2. The first kappa shape index (κ1) is 58.5. The van der Waals surface area contributed by atoms with E-state index in [2.05, 4.69) is 194 Å². The minimum atomic E-state index is -0.973. The number of carboxylic acid groups (broad SMARTS) is 1. The highest BCUT2D eigenvalue weighted by molar-refractivity contribution is 7.24. The Morgan fingerprint density at radius 1 is 0.488 bits per heavy atom. The molecule has 3 aromatic heterocycles. The number of aromatic carboxylic acids is 1. The van der Waals surface area contributed by atoms with E-state index in [4.69, 9.17) is 0 Å². The molecule has 1 aliphatic carbocycles. The minimum Gasteiger partial charge on any atom is -0.478 e. The van der Waals surface area contributed by atoms with Crippen molar-refractivity contribution in [3.63, 3.8) is 0 Å². The quantitative estimate of drug-likeness (QED) is 0.0731. The maximum atomic E-state index is 15.8. The molecule has 2 aliphatic heterocycles. The molecule has 0 saturated heterocycles. The molecule has 0 saturated carbocycles. The van der Waals surface area contributed by atoms with Crippen molar-refractivity contribution < 1.29 is 19.5 Å². The number of nitrogens with zero attached hydrogens (tertiary/aromatic N) is 3. The van der Waals surface area contributed by atoms with Crippen LogP contribution in [-0.4, -0.2) is 45.8 Å². The molecule has 2 unspecified atom stereocenters. The fraction of sp³-hybridized carbons (Fsp3) is 0.276. The van der Waals surface area contributed by atoms with Gasteiger partial charge < -0.3 is 19.8 Å². The van der Waals surface area contributed by atoms with Gasteiger partial charge in [0.2, 0.25) is 0 Å². The van der Waals surface area contributed by atoms with Crippen molar-refractivity contribution in [1.82, 2.24) is 9.80 Å². The monoisotopic (exact) mass is 1190 g/mol. The zero-order valence-corrected chi connectivity index (χ0v) is 53.1. The molecule has 2 atom stereocenters. The first-order valence-corrected chi connectivity index (χ1v) is 33.2. The zero-order valence-electron chi connectivity index (χ0n) is 50.6. The predicted molar refractivity (Wildman–Crippen MR) is 359 cm³/mol. The van der Waals surface area contributed by atoms with Gasteiger partial charge in [-0.3, -0.25) is 9.59 Å². The van der Waals surface area contributed by atoms with Crippen molar-refractivity contribution in [2.24, 2.45) is 11.8 Å². The Morgan fingerprint density at radius 2 is 0.930 bits per heavy atom. The number of carbonyl (C=O) groups is 3. The third-order valence-corrected chi connectivity index (χ3v) is 21.7. The van der Waals surface area contributed by atoms with Crippen molar-refractivity contribution in [1.29, 1.82) is 0 Å². The number of aryl methyl sites for hydroxylation is 4. The molecule has 6 aromatic carbocycles. The SMILES string of the molecule is CCCCC(CC)CN1C(=O)C2=C(c3ccc(-c4cc5c(s4)-c4ccc(N(c6ccc(C)cc6)c6ccc(C)cc6)cc4C5(c4ccc(C)cc4)c4ccc(C)cc4)s3)N(CC(CC)CCCC)C(=O)C2=C1c1ccc(-c2ccc(C(=O)O)cc2)s1. The molecule has 0 bridgehead atoms. The van der Waals surface area contributed by atoms with E-state index in [9.17, 15) is 9.90 Å². The van der Waals surface area contributed by atoms with E-state index in [1.165, 1.54) is 54.9 Å². The molecule has 1 N–H and O–H groups in total. The summed E-state index contributed by atoms with van der Waals surface area (Å²) in [6, 6.07) is 60.9. The number of carboxylic acids is 1. The van der Waals surface area contributed by atoms with E-state index < -0.39 is 11.4 Å². The molecule has 3 aliphatic rings. The first-order valence-electron chi connectivity index (χ1n) is 30.8. The van der Waals surface area contributed by atoms with E-state index in [0.29, 0.717) is 29.9 Å². The van der Waals surface area contributed by atoms with Crippen LogP contribution in [0.2, 0.25) is 0 Å². The third-order valence-electron chi connectivity index (χ3n) is 18.1. The van der Waals surface area contributed by atoms with Gasteiger partial charge in [0.05, 0.1) is 43.3 Å². The number of thiophene rings is 3. The molecule has 0 spiro atoms. The highest BCUT2D eigenvalue weighted by Gasteiger charge is 2.51. The molecular formula is C76H75N3O4S3. The number of hydrogen-bond acceptors (Lipinski definition) is 7. The summed E-state index contributed by atoms with van der Waals surface area (Å²) >= 11 is 5.06. The van der Waals surface area contributed by atoms with Gasteiger partial charge in [0.15, 0.2) is 0 Å². The third kappa shape index (κ3) is 10.6. The number of anilines is 3. The second-order valence-corrected chi connectivity index (χ2v) is 27.1. The Balaban J connectivity index is 1.03.